The monoisotopic (exact) mass is 363 g/mol. The van der Waals surface area contributed by atoms with E-state index in [2.05, 4.69) is 9.97 Å². The first-order valence-electron chi connectivity index (χ1n) is 8.63. The zero-order chi connectivity index (χ0) is 17.8. The van der Waals surface area contributed by atoms with E-state index in [1.165, 1.54) is 0 Å². The number of aromatic nitrogens is 2. The van der Waals surface area contributed by atoms with Crippen molar-refractivity contribution in [2.75, 3.05) is 19.8 Å². The highest BCUT2D eigenvalue weighted by Gasteiger charge is 2.26. The highest BCUT2D eigenvalue weighted by Crippen LogP contribution is 2.19. The van der Waals surface area contributed by atoms with Gasteiger partial charge in [-0.1, -0.05) is 18.5 Å². The number of halogens is 1. The van der Waals surface area contributed by atoms with E-state index in [4.69, 9.17) is 16.3 Å². The molecule has 1 aliphatic heterocycles. The molecule has 1 saturated heterocycles. The number of carbonyl (C=O) groups is 1. The van der Waals surface area contributed by atoms with E-state index in [0.717, 1.165) is 19.3 Å². The predicted octanol–water partition coefficient (Wildman–Crippen LogP) is 2.74. The molecule has 3 rings (SSSR count). The molecule has 0 saturated carbocycles. The lowest BCUT2D eigenvalue weighted by atomic mass is 9.98. The highest BCUT2D eigenvalue weighted by molar-refractivity contribution is 6.31. The average molecular weight is 364 g/mol. The van der Waals surface area contributed by atoms with Crippen LogP contribution in [-0.4, -0.2) is 40.5 Å². The Morgan fingerprint density at radius 3 is 2.88 bits per heavy atom. The number of amides is 1. The molecule has 2 heterocycles. The van der Waals surface area contributed by atoms with Crippen molar-refractivity contribution in [2.24, 2.45) is 5.92 Å². The first-order chi connectivity index (χ1) is 12.1. The normalized spacial score (nSPS) is 15.4. The number of aromatic amines is 1. The lowest BCUT2D eigenvalue weighted by Gasteiger charge is -2.29. The molecule has 0 unspecified atom stereocenters. The minimum Gasteiger partial charge on any atom is -0.381 e. The third kappa shape index (κ3) is 4.19. The topological polar surface area (TPSA) is 75.3 Å². The molecule has 134 valence electrons. The molecule has 0 spiro atoms. The van der Waals surface area contributed by atoms with Crippen LogP contribution < -0.4 is 5.56 Å². The summed E-state index contributed by atoms with van der Waals surface area (Å²) in [4.78, 5) is 34.1. The number of carbonyl (C=O) groups excluding carboxylic acids is 1. The van der Waals surface area contributed by atoms with Crippen molar-refractivity contribution >= 4 is 28.4 Å². The molecular formula is C18H22ClN3O3. The number of ether oxygens (including phenoxy) is 1. The lowest BCUT2D eigenvalue weighted by Crippen LogP contribution is -2.39. The Kier molecular flexibility index (Phi) is 5.71. The highest BCUT2D eigenvalue weighted by atomic mass is 35.5. The Hall–Kier alpha value is -1.92. The Labute approximate surface area is 151 Å². The van der Waals surface area contributed by atoms with Gasteiger partial charge in [-0.25, -0.2) is 4.98 Å². The molecule has 1 aromatic carbocycles. The lowest BCUT2D eigenvalue weighted by molar-refractivity contribution is -0.139. The third-order valence-corrected chi connectivity index (χ3v) is 4.67. The molecule has 1 fully saturated rings. The maximum atomic E-state index is 12.8. The molecule has 1 aliphatic rings. The number of hydrogen-bond donors (Lipinski definition) is 1. The van der Waals surface area contributed by atoms with E-state index >= 15 is 0 Å². The molecule has 0 atom stereocenters. The van der Waals surface area contributed by atoms with Gasteiger partial charge in [0.15, 0.2) is 0 Å². The van der Waals surface area contributed by atoms with Crippen LogP contribution in [0.4, 0.5) is 0 Å². The molecule has 2 aromatic rings. The van der Waals surface area contributed by atoms with Crippen LogP contribution in [0, 0.1) is 5.92 Å². The third-order valence-electron chi connectivity index (χ3n) is 4.43. The van der Waals surface area contributed by atoms with E-state index in [1.807, 2.05) is 6.92 Å². The summed E-state index contributed by atoms with van der Waals surface area (Å²) in [5, 5.41) is 1.02. The summed E-state index contributed by atoms with van der Waals surface area (Å²) in [5.74, 6) is 0.578. The van der Waals surface area contributed by atoms with E-state index in [0.29, 0.717) is 48.1 Å². The van der Waals surface area contributed by atoms with E-state index in [1.54, 1.807) is 23.1 Å². The van der Waals surface area contributed by atoms with E-state index in [9.17, 15) is 9.59 Å². The van der Waals surface area contributed by atoms with Crippen molar-refractivity contribution in [2.45, 2.75) is 32.7 Å². The van der Waals surface area contributed by atoms with Gasteiger partial charge in [0.1, 0.15) is 5.82 Å². The van der Waals surface area contributed by atoms with Crippen LogP contribution in [-0.2, 0) is 16.1 Å². The molecule has 1 aromatic heterocycles. The number of nitrogens with zero attached hydrogens (tertiary/aromatic N) is 2. The van der Waals surface area contributed by atoms with E-state index < -0.39 is 0 Å². The smallest absolute Gasteiger partial charge is 0.258 e. The summed E-state index contributed by atoms with van der Waals surface area (Å²) >= 11 is 6.00. The number of benzene rings is 1. The predicted molar refractivity (Wildman–Crippen MR) is 96.6 cm³/mol. The number of fused-ring (bicyclic) bond motifs is 1. The number of H-pyrrole nitrogens is 1. The standard InChI is InChI=1S/C18H22ClN3O3/c1-2-7-22(18(24)12-5-8-25-9-6-12)11-16-20-15-10-13(19)3-4-14(15)17(23)21-16/h3-4,10,12H,2,5-9,11H2,1H3,(H,20,21,23). The first kappa shape index (κ1) is 17.9. The fourth-order valence-electron chi connectivity index (χ4n) is 3.16. The average Bonchev–Trinajstić information content (AvgIpc) is 2.61. The van der Waals surface area contributed by atoms with Gasteiger partial charge in [-0.2, -0.15) is 0 Å². The second kappa shape index (κ2) is 7.97. The minimum absolute atomic E-state index is 0.0121. The van der Waals surface area contributed by atoms with Crippen molar-refractivity contribution in [3.63, 3.8) is 0 Å². The first-order valence-corrected chi connectivity index (χ1v) is 9.01. The number of nitrogens with one attached hydrogen (secondary N) is 1. The van der Waals surface area contributed by atoms with Crippen LogP contribution in [0.15, 0.2) is 23.0 Å². The Morgan fingerprint density at radius 2 is 2.16 bits per heavy atom. The summed E-state index contributed by atoms with van der Waals surface area (Å²) in [5.41, 5.74) is 0.327. The molecule has 6 nitrogen and oxygen atoms in total. The van der Waals surface area contributed by atoms with Crippen LogP contribution in [0.3, 0.4) is 0 Å². The van der Waals surface area contributed by atoms with Gasteiger partial charge < -0.3 is 14.6 Å². The van der Waals surface area contributed by atoms with Gasteiger partial charge in [-0.05, 0) is 37.5 Å². The Morgan fingerprint density at radius 1 is 1.40 bits per heavy atom. The SMILES string of the molecule is CCCN(Cc1nc2cc(Cl)ccc2c(=O)[nH]1)C(=O)C1CCOCC1. The van der Waals surface area contributed by atoms with Crippen LogP contribution in [0.1, 0.15) is 32.0 Å². The molecule has 0 radical (unpaired) electrons. The van der Waals surface area contributed by atoms with Gasteiger partial charge >= 0.3 is 0 Å². The van der Waals surface area contributed by atoms with Gasteiger partial charge in [0, 0.05) is 30.7 Å². The molecule has 0 aliphatic carbocycles. The fourth-order valence-corrected chi connectivity index (χ4v) is 3.32. The van der Waals surface area contributed by atoms with Gasteiger partial charge in [-0.15, -0.1) is 0 Å². The second-order valence-electron chi connectivity index (χ2n) is 6.32. The summed E-state index contributed by atoms with van der Waals surface area (Å²) < 4.78 is 5.34. The summed E-state index contributed by atoms with van der Waals surface area (Å²) in [6.45, 7) is 4.20. The van der Waals surface area contributed by atoms with Crippen LogP contribution >= 0.6 is 11.6 Å². The van der Waals surface area contributed by atoms with Gasteiger partial charge in [0.2, 0.25) is 5.91 Å². The molecule has 1 amide bonds. The van der Waals surface area contributed by atoms with Crippen LogP contribution in [0.5, 0.6) is 0 Å². The zero-order valence-corrected chi connectivity index (χ0v) is 15.0. The molecule has 0 bridgehead atoms. The van der Waals surface area contributed by atoms with Crippen molar-refractivity contribution < 1.29 is 9.53 Å². The number of hydrogen-bond acceptors (Lipinski definition) is 4. The molecule has 25 heavy (non-hydrogen) atoms. The summed E-state index contributed by atoms with van der Waals surface area (Å²) in [7, 11) is 0. The Balaban J connectivity index is 1.85. The van der Waals surface area contributed by atoms with Crippen molar-refractivity contribution in [1.82, 2.24) is 14.9 Å². The summed E-state index contributed by atoms with van der Waals surface area (Å²) in [6.07, 6.45) is 2.34. The quantitative estimate of drug-likeness (QED) is 0.886. The molecular weight excluding hydrogens is 342 g/mol. The van der Waals surface area contributed by atoms with Crippen LogP contribution in [0.25, 0.3) is 10.9 Å². The largest absolute Gasteiger partial charge is 0.381 e. The van der Waals surface area contributed by atoms with Gasteiger partial charge in [0.05, 0.1) is 17.4 Å². The maximum Gasteiger partial charge on any atom is 0.258 e. The molecule has 1 N–H and O–H groups in total. The van der Waals surface area contributed by atoms with Gasteiger partial charge in [-0.3, -0.25) is 9.59 Å². The zero-order valence-electron chi connectivity index (χ0n) is 14.3. The fraction of sp³-hybridized carbons (Fsp3) is 0.500. The van der Waals surface area contributed by atoms with Crippen molar-refractivity contribution in [3.05, 3.63) is 39.4 Å². The Bertz CT molecular complexity index is 815. The van der Waals surface area contributed by atoms with E-state index in [-0.39, 0.29) is 17.4 Å². The van der Waals surface area contributed by atoms with Crippen molar-refractivity contribution in [3.8, 4) is 0 Å². The van der Waals surface area contributed by atoms with Crippen molar-refractivity contribution in [1.29, 1.82) is 0 Å². The van der Waals surface area contributed by atoms with Gasteiger partial charge in [0.25, 0.3) is 5.56 Å². The maximum absolute atomic E-state index is 12.8. The van der Waals surface area contributed by atoms with Crippen LogP contribution in [0.2, 0.25) is 5.02 Å². The minimum atomic E-state index is -0.216. The molecule has 7 heteroatoms. The summed E-state index contributed by atoms with van der Waals surface area (Å²) in [6, 6.07) is 4.99. The number of rotatable bonds is 5. The second-order valence-corrected chi connectivity index (χ2v) is 6.76.